The molecule has 3 nitrogen and oxygen atoms in total. The van der Waals surface area contributed by atoms with Crippen molar-refractivity contribution in [1.82, 2.24) is 0 Å². The van der Waals surface area contributed by atoms with Crippen molar-refractivity contribution in [3.63, 3.8) is 0 Å². The molecule has 0 atom stereocenters. The molecule has 0 amide bonds. The molecule has 2 rings (SSSR count). The summed E-state index contributed by atoms with van der Waals surface area (Å²) in [4.78, 5) is 0.240. The molecule has 0 aliphatic rings. The first-order valence-electron chi connectivity index (χ1n) is 5.43. The fourth-order valence-corrected chi connectivity index (χ4v) is 3.76. The van der Waals surface area contributed by atoms with Gasteiger partial charge in [0.15, 0.2) is 0 Å². The minimum atomic E-state index is -3.56. The molecule has 0 heterocycles. The smallest absolute Gasteiger partial charge is 0.261 e. The van der Waals surface area contributed by atoms with Gasteiger partial charge in [-0.15, -0.1) is 0 Å². The molecule has 0 aromatic heterocycles. The van der Waals surface area contributed by atoms with Crippen LogP contribution in [0.2, 0.25) is 5.02 Å². The van der Waals surface area contributed by atoms with Gasteiger partial charge in [0.1, 0.15) is 0 Å². The highest BCUT2D eigenvalue weighted by atomic mass is 127. The third-order valence-electron chi connectivity index (χ3n) is 2.51. The summed E-state index contributed by atoms with van der Waals surface area (Å²) in [6.45, 7) is 1.91. The van der Waals surface area contributed by atoms with E-state index >= 15 is 0 Å². The molecule has 6 heteroatoms. The highest BCUT2D eigenvalue weighted by Crippen LogP contribution is 2.24. The molecule has 0 aliphatic heterocycles. The molecular formula is C13H11ClINO2S. The molecule has 2 aromatic rings. The molecule has 19 heavy (non-hydrogen) atoms. The Morgan fingerprint density at radius 2 is 1.74 bits per heavy atom. The molecule has 0 fully saturated rings. The number of rotatable bonds is 3. The van der Waals surface area contributed by atoms with Crippen LogP contribution < -0.4 is 4.72 Å². The lowest BCUT2D eigenvalue weighted by molar-refractivity contribution is 0.601. The lowest BCUT2D eigenvalue weighted by atomic mass is 10.2. The van der Waals surface area contributed by atoms with Crippen LogP contribution in [0.1, 0.15) is 5.56 Å². The molecule has 0 unspecified atom stereocenters. The van der Waals surface area contributed by atoms with Crippen LogP contribution in [0.3, 0.4) is 0 Å². The van der Waals surface area contributed by atoms with Gasteiger partial charge in [0.2, 0.25) is 0 Å². The van der Waals surface area contributed by atoms with Gasteiger partial charge in [-0.2, -0.15) is 0 Å². The summed E-state index contributed by atoms with van der Waals surface area (Å²) in [5, 5.41) is 0.572. The summed E-state index contributed by atoms with van der Waals surface area (Å²) < 4.78 is 27.7. The Balaban J connectivity index is 2.33. The van der Waals surface area contributed by atoms with Crippen LogP contribution in [-0.2, 0) is 10.0 Å². The lowest BCUT2D eigenvalue weighted by Crippen LogP contribution is -2.13. The first kappa shape index (κ1) is 14.6. The molecule has 1 N–H and O–H groups in total. The van der Waals surface area contributed by atoms with E-state index in [1.165, 1.54) is 0 Å². The van der Waals surface area contributed by atoms with Crippen molar-refractivity contribution in [2.24, 2.45) is 0 Å². The third kappa shape index (κ3) is 3.61. The molecule has 0 radical (unpaired) electrons. The van der Waals surface area contributed by atoms with E-state index < -0.39 is 10.0 Å². The zero-order valence-electron chi connectivity index (χ0n) is 10.0. The Labute approximate surface area is 131 Å². The zero-order valence-corrected chi connectivity index (χ0v) is 13.8. The molecule has 100 valence electrons. The van der Waals surface area contributed by atoms with E-state index in [0.29, 0.717) is 10.7 Å². The summed E-state index contributed by atoms with van der Waals surface area (Å²) in [5.41, 5.74) is 1.53. The van der Waals surface area contributed by atoms with Gasteiger partial charge in [0.25, 0.3) is 10.0 Å². The number of halogens is 2. The van der Waals surface area contributed by atoms with Crippen molar-refractivity contribution in [1.29, 1.82) is 0 Å². The number of hydrogen-bond donors (Lipinski definition) is 1. The highest BCUT2D eigenvalue weighted by Gasteiger charge is 2.15. The van der Waals surface area contributed by atoms with Crippen LogP contribution in [0.4, 0.5) is 5.69 Å². The Morgan fingerprint density at radius 3 is 2.32 bits per heavy atom. The van der Waals surface area contributed by atoms with Gasteiger partial charge in [-0.3, -0.25) is 4.72 Å². The molecule has 0 saturated carbocycles. The van der Waals surface area contributed by atoms with E-state index in [4.69, 9.17) is 11.6 Å². The summed E-state index contributed by atoms with van der Waals surface area (Å²) in [6, 6.07) is 11.7. The quantitative estimate of drug-likeness (QED) is 0.780. The van der Waals surface area contributed by atoms with Gasteiger partial charge in [-0.25, -0.2) is 8.42 Å². The van der Waals surface area contributed by atoms with Gasteiger partial charge >= 0.3 is 0 Å². The SMILES string of the molecule is Cc1ccc(S(=O)(=O)Nc2ccc(Cl)cc2I)cc1. The number of sulfonamides is 1. The van der Waals surface area contributed by atoms with Gasteiger partial charge < -0.3 is 0 Å². The maximum Gasteiger partial charge on any atom is 0.261 e. The van der Waals surface area contributed by atoms with Crippen molar-refractivity contribution in [3.05, 3.63) is 56.6 Å². The fourth-order valence-electron chi connectivity index (χ4n) is 1.49. The summed E-state index contributed by atoms with van der Waals surface area (Å²) in [6.07, 6.45) is 0. The van der Waals surface area contributed by atoms with Crippen molar-refractivity contribution in [2.45, 2.75) is 11.8 Å². The summed E-state index contributed by atoms with van der Waals surface area (Å²) in [7, 11) is -3.56. The molecule has 0 bridgehead atoms. The van der Waals surface area contributed by atoms with E-state index in [0.717, 1.165) is 9.13 Å². The number of anilines is 1. The van der Waals surface area contributed by atoms with E-state index in [1.807, 2.05) is 29.5 Å². The number of aryl methyl sites for hydroxylation is 1. The first-order chi connectivity index (χ1) is 8.88. The van der Waals surface area contributed by atoms with Crippen molar-refractivity contribution in [3.8, 4) is 0 Å². The zero-order chi connectivity index (χ0) is 14.0. The summed E-state index contributed by atoms with van der Waals surface area (Å²) in [5.74, 6) is 0. The second kappa shape index (κ2) is 5.68. The van der Waals surface area contributed by atoms with E-state index in [2.05, 4.69) is 4.72 Å². The third-order valence-corrected chi connectivity index (χ3v) is 5.02. The number of nitrogens with one attached hydrogen (secondary N) is 1. The Bertz CT molecular complexity index is 699. The largest absolute Gasteiger partial charge is 0.279 e. The van der Waals surface area contributed by atoms with Crippen LogP contribution in [-0.4, -0.2) is 8.42 Å². The second-order valence-corrected chi connectivity index (χ2v) is 7.32. The summed E-state index contributed by atoms with van der Waals surface area (Å²) >= 11 is 7.88. The van der Waals surface area contributed by atoms with Gasteiger partial charge in [0.05, 0.1) is 10.6 Å². The van der Waals surface area contributed by atoms with Crippen LogP contribution in [0.25, 0.3) is 0 Å². The maximum atomic E-state index is 12.2. The van der Waals surface area contributed by atoms with E-state index in [1.54, 1.807) is 42.5 Å². The monoisotopic (exact) mass is 407 g/mol. The average Bonchev–Trinajstić information content (AvgIpc) is 2.33. The molecule has 2 aromatic carbocycles. The number of hydrogen-bond acceptors (Lipinski definition) is 2. The maximum absolute atomic E-state index is 12.2. The van der Waals surface area contributed by atoms with Crippen molar-refractivity contribution < 1.29 is 8.42 Å². The molecular weight excluding hydrogens is 397 g/mol. The van der Waals surface area contributed by atoms with Gasteiger partial charge in [-0.05, 0) is 59.8 Å². The normalized spacial score (nSPS) is 11.3. The van der Waals surface area contributed by atoms with Crippen LogP contribution in [0.5, 0.6) is 0 Å². The van der Waals surface area contributed by atoms with Crippen LogP contribution >= 0.6 is 34.2 Å². The number of benzene rings is 2. The predicted molar refractivity (Wildman–Crippen MR) is 86.2 cm³/mol. The standard InChI is InChI=1S/C13H11ClINO2S/c1-9-2-5-11(6-3-9)19(17,18)16-13-7-4-10(14)8-12(13)15/h2-8,16H,1H3. The minimum absolute atomic E-state index is 0.240. The fraction of sp³-hybridized carbons (Fsp3) is 0.0769. The Hall–Kier alpha value is -0.790. The molecule has 0 spiro atoms. The van der Waals surface area contributed by atoms with E-state index in [-0.39, 0.29) is 4.90 Å². The molecule has 0 aliphatic carbocycles. The van der Waals surface area contributed by atoms with Gasteiger partial charge in [0, 0.05) is 8.59 Å². The lowest BCUT2D eigenvalue weighted by Gasteiger charge is -2.10. The van der Waals surface area contributed by atoms with Crippen LogP contribution in [0, 0.1) is 10.5 Å². The first-order valence-corrected chi connectivity index (χ1v) is 8.37. The predicted octanol–water partition coefficient (Wildman–Crippen LogP) is 4.05. The Morgan fingerprint density at radius 1 is 1.11 bits per heavy atom. The average molecular weight is 408 g/mol. The van der Waals surface area contributed by atoms with Crippen molar-refractivity contribution >= 4 is 49.9 Å². The van der Waals surface area contributed by atoms with E-state index in [9.17, 15) is 8.42 Å². The molecule has 0 saturated heterocycles. The van der Waals surface area contributed by atoms with Gasteiger partial charge in [-0.1, -0.05) is 29.3 Å². The van der Waals surface area contributed by atoms with Crippen molar-refractivity contribution in [2.75, 3.05) is 4.72 Å². The topological polar surface area (TPSA) is 46.2 Å². The second-order valence-electron chi connectivity index (χ2n) is 4.04. The van der Waals surface area contributed by atoms with Crippen LogP contribution in [0.15, 0.2) is 47.4 Å². The Kier molecular flexibility index (Phi) is 4.37. The minimum Gasteiger partial charge on any atom is -0.279 e. The highest BCUT2D eigenvalue weighted by molar-refractivity contribution is 14.1.